The van der Waals surface area contributed by atoms with E-state index in [9.17, 15) is 22.4 Å². The lowest BCUT2D eigenvalue weighted by molar-refractivity contribution is -0.121. The molecule has 21 heavy (non-hydrogen) atoms. The molecule has 1 aromatic carbocycles. The van der Waals surface area contributed by atoms with Crippen molar-refractivity contribution in [1.82, 2.24) is 4.31 Å². The monoisotopic (exact) mass is 316 g/mol. The summed E-state index contributed by atoms with van der Waals surface area (Å²) in [7, 11) is -4.12. The minimum atomic E-state index is -4.12. The number of primary amides is 1. The van der Waals surface area contributed by atoms with Crippen LogP contribution in [-0.2, 0) is 14.8 Å². The van der Waals surface area contributed by atoms with Crippen molar-refractivity contribution < 1.29 is 27.5 Å². The van der Waals surface area contributed by atoms with Gasteiger partial charge in [0.15, 0.2) is 0 Å². The molecular formula is C12H13FN2O5S. The van der Waals surface area contributed by atoms with Crippen molar-refractivity contribution >= 4 is 21.9 Å². The van der Waals surface area contributed by atoms with Gasteiger partial charge in [-0.25, -0.2) is 17.6 Å². The average Bonchev–Trinajstić information content (AvgIpc) is 2.88. The fourth-order valence-electron chi connectivity index (χ4n) is 2.16. The number of nitrogens with two attached hydrogens (primary N) is 1. The summed E-state index contributed by atoms with van der Waals surface area (Å²) in [6.07, 6.45) is 0.281. The summed E-state index contributed by atoms with van der Waals surface area (Å²) >= 11 is 0. The molecule has 0 aromatic heterocycles. The number of hydrogen-bond donors (Lipinski definition) is 2. The average molecular weight is 316 g/mol. The zero-order valence-corrected chi connectivity index (χ0v) is 11.6. The van der Waals surface area contributed by atoms with Crippen LogP contribution in [0, 0.1) is 11.7 Å². The van der Waals surface area contributed by atoms with E-state index in [0.717, 1.165) is 16.4 Å². The van der Waals surface area contributed by atoms with Gasteiger partial charge in [-0.05, 0) is 24.6 Å². The topological polar surface area (TPSA) is 118 Å². The van der Waals surface area contributed by atoms with E-state index in [-0.39, 0.29) is 25.1 Å². The van der Waals surface area contributed by atoms with Crippen LogP contribution in [0.4, 0.5) is 4.39 Å². The molecule has 1 aliphatic heterocycles. The van der Waals surface area contributed by atoms with Crippen LogP contribution < -0.4 is 5.73 Å². The van der Waals surface area contributed by atoms with E-state index in [2.05, 4.69) is 0 Å². The third-order valence-electron chi connectivity index (χ3n) is 3.35. The largest absolute Gasteiger partial charge is 0.478 e. The Morgan fingerprint density at radius 1 is 1.38 bits per heavy atom. The van der Waals surface area contributed by atoms with E-state index in [0.29, 0.717) is 6.07 Å². The standard InChI is InChI=1S/C12H13FN2O5S/c13-9-5-7(12(17)18)1-2-10(9)21(19,20)15-4-3-8(6-15)11(14)16/h1-2,5,8H,3-4,6H2,(H2,14,16)(H,17,18). The molecule has 114 valence electrons. The maximum absolute atomic E-state index is 13.9. The minimum absolute atomic E-state index is 0.0655. The highest BCUT2D eigenvalue weighted by molar-refractivity contribution is 7.89. The number of amides is 1. The number of carboxylic acid groups (broad SMARTS) is 1. The van der Waals surface area contributed by atoms with Gasteiger partial charge in [-0.3, -0.25) is 4.79 Å². The van der Waals surface area contributed by atoms with Crippen LogP contribution in [0.15, 0.2) is 23.1 Å². The number of rotatable bonds is 4. The van der Waals surface area contributed by atoms with Crippen LogP contribution in [0.25, 0.3) is 0 Å². The molecule has 0 spiro atoms. The Hall–Kier alpha value is -2.00. The first-order valence-electron chi connectivity index (χ1n) is 6.06. The van der Waals surface area contributed by atoms with Gasteiger partial charge in [0.25, 0.3) is 0 Å². The quantitative estimate of drug-likeness (QED) is 0.812. The van der Waals surface area contributed by atoms with Gasteiger partial charge in [0, 0.05) is 13.1 Å². The Bertz CT molecular complexity index is 704. The first kappa shape index (κ1) is 15.4. The predicted molar refractivity (Wildman–Crippen MR) is 69.4 cm³/mol. The summed E-state index contributed by atoms with van der Waals surface area (Å²) in [5, 5.41) is 8.73. The molecule has 2 rings (SSSR count). The highest BCUT2D eigenvalue weighted by Crippen LogP contribution is 2.26. The molecule has 3 N–H and O–H groups in total. The van der Waals surface area contributed by atoms with Gasteiger partial charge < -0.3 is 10.8 Å². The second kappa shape index (κ2) is 5.41. The number of carbonyl (C=O) groups excluding carboxylic acids is 1. The summed E-state index contributed by atoms with van der Waals surface area (Å²) in [4.78, 5) is 21.2. The molecule has 1 amide bonds. The smallest absolute Gasteiger partial charge is 0.335 e. The number of aromatic carboxylic acids is 1. The van der Waals surface area contributed by atoms with Gasteiger partial charge in [-0.2, -0.15) is 4.31 Å². The molecule has 0 saturated carbocycles. The highest BCUT2D eigenvalue weighted by Gasteiger charge is 2.36. The number of benzene rings is 1. The fraction of sp³-hybridized carbons (Fsp3) is 0.333. The molecule has 9 heteroatoms. The molecule has 1 aromatic rings. The maximum atomic E-state index is 13.9. The lowest BCUT2D eigenvalue weighted by atomic mass is 10.1. The van der Waals surface area contributed by atoms with E-state index in [4.69, 9.17) is 10.8 Å². The third-order valence-corrected chi connectivity index (χ3v) is 5.25. The first-order valence-corrected chi connectivity index (χ1v) is 7.50. The summed E-state index contributed by atoms with van der Waals surface area (Å²) in [6, 6.07) is 2.57. The number of halogens is 1. The van der Waals surface area contributed by atoms with Gasteiger partial charge in [0.05, 0.1) is 11.5 Å². The first-order chi connectivity index (χ1) is 9.73. The van der Waals surface area contributed by atoms with Gasteiger partial charge in [-0.1, -0.05) is 0 Å². The van der Waals surface area contributed by atoms with Crippen LogP contribution in [0.1, 0.15) is 16.8 Å². The van der Waals surface area contributed by atoms with E-state index in [1.54, 1.807) is 0 Å². The molecule has 1 aliphatic rings. The minimum Gasteiger partial charge on any atom is -0.478 e. The second-order valence-corrected chi connectivity index (χ2v) is 6.61. The van der Waals surface area contributed by atoms with Crippen LogP contribution >= 0.6 is 0 Å². The van der Waals surface area contributed by atoms with E-state index < -0.39 is 38.5 Å². The third kappa shape index (κ3) is 2.88. The van der Waals surface area contributed by atoms with Crippen molar-refractivity contribution in [3.8, 4) is 0 Å². The van der Waals surface area contributed by atoms with E-state index in [1.807, 2.05) is 0 Å². The molecule has 0 radical (unpaired) electrons. The normalized spacial score (nSPS) is 19.6. The zero-order valence-electron chi connectivity index (χ0n) is 10.8. The van der Waals surface area contributed by atoms with E-state index >= 15 is 0 Å². The molecule has 1 heterocycles. The van der Waals surface area contributed by atoms with Gasteiger partial charge in [0.2, 0.25) is 15.9 Å². The Kier molecular flexibility index (Phi) is 3.97. The molecule has 0 aliphatic carbocycles. The van der Waals surface area contributed by atoms with Crippen molar-refractivity contribution in [2.45, 2.75) is 11.3 Å². The molecule has 1 unspecified atom stereocenters. The Balaban J connectivity index is 2.33. The summed E-state index contributed by atoms with van der Waals surface area (Å²) in [5.74, 6) is -3.69. The predicted octanol–water partition coefficient (Wildman–Crippen LogP) is 0.0198. The maximum Gasteiger partial charge on any atom is 0.335 e. The number of sulfonamides is 1. The molecule has 7 nitrogen and oxygen atoms in total. The van der Waals surface area contributed by atoms with Gasteiger partial charge >= 0.3 is 5.97 Å². The number of nitrogens with zero attached hydrogens (tertiary/aromatic N) is 1. The number of carboxylic acids is 1. The lowest BCUT2D eigenvalue weighted by Crippen LogP contribution is -2.32. The molecule has 0 bridgehead atoms. The summed E-state index contributed by atoms with van der Waals surface area (Å²) < 4.78 is 39.4. The Morgan fingerprint density at radius 2 is 2.05 bits per heavy atom. The molecule has 1 atom stereocenters. The molecule has 1 saturated heterocycles. The zero-order chi connectivity index (χ0) is 15.8. The van der Waals surface area contributed by atoms with Crippen molar-refractivity contribution in [3.05, 3.63) is 29.6 Å². The van der Waals surface area contributed by atoms with Crippen LogP contribution in [0.5, 0.6) is 0 Å². The van der Waals surface area contributed by atoms with Crippen molar-refractivity contribution in [2.24, 2.45) is 11.7 Å². The SMILES string of the molecule is NC(=O)C1CCN(S(=O)(=O)c2ccc(C(=O)O)cc2F)C1. The van der Waals surface area contributed by atoms with Crippen LogP contribution in [0.3, 0.4) is 0 Å². The Labute approximate surface area is 120 Å². The van der Waals surface area contributed by atoms with Crippen LogP contribution in [0.2, 0.25) is 0 Å². The molecule has 1 fully saturated rings. The van der Waals surface area contributed by atoms with E-state index in [1.165, 1.54) is 0 Å². The number of hydrogen-bond acceptors (Lipinski definition) is 4. The van der Waals surface area contributed by atoms with Crippen LogP contribution in [-0.4, -0.2) is 42.8 Å². The van der Waals surface area contributed by atoms with Crippen molar-refractivity contribution in [3.63, 3.8) is 0 Å². The molecular weight excluding hydrogens is 303 g/mol. The van der Waals surface area contributed by atoms with Gasteiger partial charge in [0.1, 0.15) is 10.7 Å². The fourth-order valence-corrected chi connectivity index (χ4v) is 3.71. The Morgan fingerprint density at radius 3 is 2.52 bits per heavy atom. The van der Waals surface area contributed by atoms with Gasteiger partial charge in [-0.15, -0.1) is 0 Å². The highest BCUT2D eigenvalue weighted by atomic mass is 32.2. The summed E-state index contributed by atoms with van der Waals surface area (Å²) in [5.41, 5.74) is 4.78. The van der Waals surface area contributed by atoms with Crippen molar-refractivity contribution in [1.29, 1.82) is 0 Å². The lowest BCUT2D eigenvalue weighted by Gasteiger charge is -2.16. The second-order valence-electron chi connectivity index (χ2n) is 4.70. The van der Waals surface area contributed by atoms with Crippen molar-refractivity contribution in [2.75, 3.05) is 13.1 Å². The number of carbonyl (C=O) groups is 2. The summed E-state index contributed by atoms with van der Waals surface area (Å²) in [6.45, 7) is -0.0339.